The topological polar surface area (TPSA) is 55.6 Å². The van der Waals surface area contributed by atoms with E-state index < -0.39 is 0 Å². The Morgan fingerprint density at radius 3 is 3.00 bits per heavy atom. The van der Waals surface area contributed by atoms with Gasteiger partial charge in [-0.05, 0) is 37.0 Å². The molecule has 0 amide bonds. The lowest BCUT2D eigenvalue weighted by Gasteiger charge is -2.10. The number of anilines is 1. The normalized spacial score (nSPS) is 14.7. The second-order valence-electron chi connectivity index (χ2n) is 6.61. The van der Waals surface area contributed by atoms with E-state index in [1.165, 1.54) is 22.5 Å². The minimum atomic E-state index is 0.560. The smallest absolute Gasteiger partial charge is 0.146 e. The van der Waals surface area contributed by atoms with E-state index in [0.717, 1.165) is 29.5 Å². The van der Waals surface area contributed by atoms with Gasteiger partial charge in [-0.1, -0.05) is 13.8 Å². The van der Waals surface area contributed by atoms with E-state index in [0.29, 0.717) is 12.5 Å². The van der Waals surface area contributed by atoms with Crippen molar-refractivity contribution in [3.63, 3.8) is 0 Å². The molecule has 1 N–H and O–H groups in total. The maximum Gasteiger partial charge on any atom is 0.146 e. The molecule has 1 saturated carbocycles. The summed E-state index contributed by atoms with van der Waals surface area (Å²) >= 11 is 1.83. The summed E-state index contributed by atoms with van der Waals surface area (Å²) in [7, 11) is 0. The Morgan fingerprint density at radius 2 is 2.22 bits per heavy atom. The van der Waals surface area contributed by atoms with Gasteiger partial charge in [-0.25, -0.2) is 14.6 Å². The Kier molecular flexibility index (Phi) is 3.77. The van der Waals surface area contributed by atoms with Crippen LogP contribution >= 0.6 is 11.3 Å². The van der Waals surface area contributed by atoms with Crippen LogP contribution in [0.5, 0.6) is 0 Å². The fourth-order valence-corrected chi connectivity index (χ4v) is 3.84. The lowest BCUT2D eigenvalue weighted by atomic mass is 10.2. The van der Waals surface area contributed by atoms with Crippen molar-refractivity contribution in [3.8, 4) is 0 Å². The van der Waals surface area contributed by atoms with E-state index >= 15 is 0 Å². The molecule has 1 aliphatic rings. The van der Waals surface area contributed by atoms with Crippen LogP contribution in [0.4, 0.5) is 5.69 Å². The monoisotopic (exact) mass is 327 g/mol. The Balaban J connectivity index is 1.48. The van der Waals surface area contributed by atoms with Gasteiger partial charge in [0.25, 0.3) is 0 Å². The summed E-state index contributed by atoms with van der Waals surface area (Å²) in [5.74, 6) is 2.25. The van der Waals surface area contributed by atoms with Gasteiger partial charge in [0, 0.05) is 18.2 Å². The molecular formula is C17H21N5S. The molecule has 6 heteroatoms. The van der Waals surface area contributed by atoms with Crippen LogP contribution in [0.25, 0.3) is 10.2 Å². The predicted octanol–water partition coefficient (Wildman–Crippen LogP) is 4.03. The van der Waals surface area contributed by atoms with Crippen LogP contribution in [0.1, 0.15) is 43.4 Å². The number of hydrogen-bond donors (Lipinski definition) is 1. The second-order valence-corrected chi connectivity index (χ2v) is 7.68. The third-order valence-electron chi connectivity index (χ3n) is 4.02. The predicted molar refractivity (Wildman–Crippen MR) is 93.8 cm³/mol. The molecule has 0 saturated heterocycles. The molecule has 0 aliphatic heterocycles. The van der Waals surface area contributed by atoms with E-state index in [4.69, 9.17) is 4.98 Å². The zero-order chi connectivity index (χ0) is 15.8. The first kappa shape index (κ1) is 14.6. The molecule has 23 heavy (non-hydrogen) atoms. The van der Waals surface area contributed by atoms with Gasteiger partial charge in [-0.2, -0.15) is 5.10 Å². The minimum absolute atomic E-state index is 0.560. The first-order chi connectivity index (χ1) is 11.2. The molecular weight excluding hydrogens is 306 g/mol. The maximum absolute atomic E-state index is 4.74. The zero-order valence-electron chi connectivity index (χ0n) is 13.5. The van der Waals surface area contributed by atoms with Crippen LogP contribution in [0, 0.1) is 5.92 Å². The zero-order valence-corrected chi connectivity index (χ0v) is 14.3. The van der Waals surface area contributed by atoms with E-state index in [-0.39, 0.29) is 0 Å². The van der Waals surface area contributed by atoms with Crippen LogP contribution in [0.3, 0.4) is 0 Å². The summed E-state index contributed by atoms with van der Waals surface area (Å²) in [5.41, 5.74) is 2.23. The van der Waals surface area contributed by atoms with Crippen LogP contribution in [0.15, 0.2) is 24.5 Å². The molecule has 120 valence electrons. The fraction of sp³-hybridized carbons (Fsp3) is 0.471. The molecule has 0 unspecified atom stereocenters. The van der Waals surface area contributed by atoms with Gasteiger partial charge in [0.15, 0.2) is 0 Å². The first-order valence-electron chi connectivity index (χ1n) is 8.20. The molecule has 2 aromatic heterocycles. The van der Waals surface area contributed by atoms with Crippen LogP contribution in [0.2, 0.25) is 0 Å². The van der Waals surface area contributed by atoms with Crippen LogP contribution in [-0.4, -0.2) is 19.7 Å². The number of hydrogen-bond acceptors (Lipinski definition) is 5. The second kappa shape index (κ2) is 5.92. The highest BCUT2D eigenvalue weighted by atomic mass is 32.1. The average Bonchev–Trinajstić information content (AvgIpc) is 3.14. The third kappa shape index (κ3) is 3.22. The van der Waals surface area contributed by atoms with E-state index in [1.807, 2.05) is 16.0 Å². The summed E-state index contributed by atoms with van der Waals surface area (Å²) in [6.07, 6.45) is 4.24. The van der Waals surface area contributed by atoms with Gasteiger partial charge in [0.05, 0.1) is 21.8 Å². The summed E-state index contributed by atoms with van der Waals surface area (Å²) in [4.78, 5) is 9.10. The molecule has 5 nitrogen and oxygen atoms in total. The molecule has 1 aliphatic carbocycles. The van der Waals surface area contributed by atoms with Gasteiger partial charge < -0.3 is 5.32 Å². The van der Waals surface area contributed by atoms with Gasteiger partial charge in [-0.15, -0.1) is 11.3 Å². The van der Waals surface area contributed by atoms with Crippen molar-refractivity contribution < 1.29 is 0 Å². The van der Waals surface area contributed by atoms with Crippen molar-refractivity contribution in [1.82, 2.24) is 19.7 Å². The molecule has 1 aromatic carbocycles. The van der Waals surface area contributed by atoms with Gasteiger partial charge >= 0.3 is 0 Å². The van der Waals surface area contributed by atoms with E-state index in [2.05, 4.69) is 47.4 Å². The highest BCUT2D eigenvalue weighted by molar-refractivity contribution is 7.18. The molecule has 1 fully saturated rings. The summed E-state index contributed by atoms with van der Waals surface area (Å²) in [5, 5.41) is 9.07. The molecule has 0 bridgehead atoms. The lowest BCUT2D eigenvalue weighted by molar-refractivity contribution is 0.468. The Labute approximate surface area is 139 Å². The number of fused-ring (bicyclic) bond motifs is 1. The van der Waals surface area contributed by atoms with Crippen molar-refractivity contribution in [3.05, 3.63) is 35.4 Å². The molecule has 0 spiro atoms. The summed E-state index contributed by atoms with van der Waals surface area (Å²) in [6.45, 7) is 5.96. The Hall–Kier alpha value is -1.95. The lowest BCUT2D eigenvalue weighted by Crippen LogP contribution is -2.13. The third-order valence-corrected chi connectivity index (χ3v) is 5.20. The Bertz CT molecular complexity index is 815. The highest BCUT2D eigenvalue weighted by Crippen LogP contribution is 2.43. The molecule has 0 radical (unpaired) electrons. The number of nitrogens with zero attached hydrogens (tertiary/aromatic N) is 4. The van der Waals surface area contributed by atoms with Crippen molar-refractivity contribution in [2.24, 2.45) is 5.92 Å². The Morgan fingerprint density at radius 1 is 1.35 bits per heavy atom. The molecule has 0 atom stereocenters. The standard InChI is InChI=1S/C17H21N5S/c1-11(2)9-22-16(19-10-20-22)8-18-13-5-6-14-15(7-13)23-17(21-14)12-3-4-12/h5-7,10-12,18H,3-4,8-9H2,1-2H3. The highest BCUT2D eigenvalue weighted by Gasteiger charge is 2.26. The minimum Gasteiger partial charge on any atom is -0.378 e. The largest absolute Gasteiger partial charge is 0.378 e. The quantitative estimate of drug-likeness (QED) is 0.742. The van der Waals surface area contributed by atoms with Crippen molar-refractivity contribution in [2.75, 3.05) is 5.32 Å². The van der Waals surface area contributed by atoms with Crippen LogP contribution in [-0.2, 0) is 13.1 Å². The van der Waals surface area contributed by atoms with E-state index in [9.17, 15) is 0 Å². The SMILES string of the molecule is CC(C)Cn1ncnc1CNc1ccc2nc(C3CC3)sc2c1. The number of aromatic nitrogens is 4. The molecule has 3 aromatic rings. The fourth-order valence-electron chi connectivity index (χ4n) is 2.66. The number of rotatable bonds is 6. The average molecular weight is 327 g/mol. The molecule has 4 rings (SSSR count). The number of thiazole rings is 1. The molecule has 2 heterocycles. The van der Waals surface area contributed by atoms with Gasteiger partial charge in [0.2, 0.25) is 0 Å². The van der Waals surface area contributed by atoms with Crippen LogP contribution < -0.4 is 5.32 Å². The van der Waals surface area contributed by atoms with Crippen molar-refractivity contribution >= 4 is 27.2 Å². The number of benzene rings is 1. The van der Waals surface area contributed by atoms with Gasteiger partial charge in [-0.3, -0.25) is 0 Å². The summed E-state index contributed by atoms with van der Waals surface area (Å²) < 4.78 is 3.24. The maximum atomic E-state index is 4.74. The van der Waals surface area contributed by atoms with Crippen molar-refractivity contribution in [2.45, 2.75) is 45.7 Å². The first-order valence-corrected chi connectivity index (χ1v) is 9.02. The van der Waals surface area contributed by atoms with E-state index in [1.54, 1.807) is 6.33 Å². The number of nitrogens with one attached hydrogen (secondary N) is 1. The summed E-state index contributed by atoms with van der Waals surface area (Å²) in [6, 6.07) is 6.41. The van der Waals surface area contributed by atoms with Gasteiger partial charge in [0.1, 0.15) is 12.2 Å². The van der Waals surface area contributed by atoms with Crippen molar-refractivity contribution in [1.29, 1.82) is 0 Å².